The van der Waals surface area contributed by atoms with Crippen LogP contribution in [0.1, 0.15) is 15.2 Å². The zero-order valence-corrected chi connectivity index (χ0v) is 13.6. The molecule has 0 unspecified atom stereocenters. The second-order valence-electron chi connectivity index (χ2n) is 4.89. The van der Waals surface area contributed by atoms with Crippen LogP contribution in [0.4, 0.5) is 0 Å². The molecule has 0 saturated heterocycles. The molecule has 0 amide bonds. The summed E-state index contributed by atoms with van der Waals surface area (Å²) in [5.41, 5.74) is 0.637. The minimum Gasteiger partial charge on any atom is -0.477 e. The van der Waals surface area contributed by atoms with Gasteiger partial charge in [-0.15, -0.1) is 11.3 Å². The summed E-state index contributed by atoms with van der Waals surface area (Å²) >= 11 is 7.33. The van der Waals surface area contributed by atoms with Gasteiger partial charge in [-0.1, -0.05) is 23.7 Å². The molecule has 0 atom stereocenters. The molecule has 7 heteroatoms. The number of benzene rings is 1. The summed E-state index contributed by atoms with van der Waals surface area (Å²) in [6.45, 7) is 1.90. The second-order valence-corrected chi connectivity index (χ2v) is 6.44. The van der Waals surface area contributed by atoms with E-state index in [1.165, 1.54) is 17.4 Å². The quantitative estimate of drug-likeness (QED) is 0.786. The molecule has 0 aliphatic carbocycles. The van der Waals surface area contributed by atoms with E-state index in [-0.39, 0.29) is 5.56 Å². The molecule has 0 fully saturated rings. The lowest BCUT2D eigenvalue weighted by molar-refractivity contribution is 0.0694. The Balaban J connectivity index is 2.25. The Labute approximate surface area is 140 Å². The average molecular weight is 347 g/mol. The third kappa shape index (κ3) is 3.04. The smallest absolute Gasteiger partial charge is 0.341 e. The number of hydrogen-bond acceptors (Lipinski definition) is 4. The summed E-state index contributed by atoms with van der Waals surface area (Å²) in [6, 6.07) is 9.89. The van der Waals surface area contributed by atoms with Gasteiger partial charge < -0.3 is 5.11 Å². The lowest BCUT2D eigenvalue weighted by Gasteiger charge is -2.08. The monoisotopic (exact) mass is 346 g/mol. The highest BCUT2D eigenvalue weighted by Crippen LogP contribution is 2.21. The van der Waals surface area contributed by atoms with Crippen molar-refractivity contribution in [1.29, 1.82) is 0 Å². The summed E-state index contributed by atoms with van der Waals surface area (Å²) in [5, 5.41) is 15.9. The number of aromatic nitrogens is 2. The molecule has 3 rings (SSSR count). The molecule has 116 valence electrons. The van der Waals surface area contributed by atoms with Gasteiger partial charge in [0.25, 0.3) is 5.56 Å². The van der Waals surface area contributed by atoms with Gasteiger partial charge in [-0.3, -0.25) is 4.79 Å². The Morgan fingerprint density at radius 1 is 1.26 bits per heavy atom. The van der Waals surface area contributed by atoms with Crippen LogP contribution in [-0.4, -0.2) is 20.9 Å². The minimum absolute atomic E-state index is 0.325. The SMILES string of the molecule is Cc1cc(-n2nc(-c3ccc(Cl)cc3)cc(C(=O)O)c2=O)cs1. The molecule has 1 aromatic carbocycles. The van der Waals surface area contributed by atoms with E-state index in [2.05, 4.69) is 5.10 Å². The van der Waals surface area contributed by atoms with E-state index in [1.54, 1.807) is 35.7 Å². The van der Waals surface area contributed by atoms with Crippen LogP contribution in [0.15, 0.2) is 46.6 Å². The van der Waals surface area contributed by atoms with E-state index in [9.17, 15) is 14.7 Å². The Kier molecular flexibility index (Phi) is 4.02. The number of carboxylic acids is 1. The van der Waals surface area contributed by atoms with Gasteiger partial charge in [0.05, 0.1) is 11.4 Å². The van der Waals surface area contributed by atoms with Gasteiger partial charge in [0.15, 0.2) is 0 Å². The van der Waals surface area contributed by atoms with Gasteiger partial charge >= 0.3 is 5.97 Å². The van der Waals surface area contributed by atoms with Crippen molar-refractivity contribution in [3.63, 3.8) is 0 Å². The number of carbonyl (C=O) groups is 1. The highest BCUT2D eigenvalue weighted by molar-refractivity contribution is 7.10. The topological polar surface area (TPSA) is 72.2 Å². The highest BCUT2D eigenvalue weighted by atomic mass is 35.5. The van der Waals surface area contributed by atoms with Crippen LogP contribution >= 0.6 is 22.9 Å². The molecular formula is C16H11ClN2O3S. The maximum Gasteiger partial charge on any atom is 0.341 e. The molecule has 0 bridgehead atoms. The van der Waals surface area contributed by atoms with E-state index in [4.69, 9.17) is 11.6 Å². The predicted octanol–water partition coefficient (Wildman–Crippen LogP) is 3.62. The van der Waals surface area contributed by atoms with E-state index >= 15 is 0 Å². The predicted molar refractivity (Wildman–Crippen MR) is 89.9 cm³/mol. The van der Waals surface area contributed by atoms with Gasteiger partial charge in [-0.05, 0) is 31.2 Å². The number of hydrogen-bond donors (Lipinski definition) is 1. The zero-order chi connectivity index (χ0) is 16.6. The molecule has 2 aromatic heterocycles. The number of carboxylic acid groups (broad SMARTS) is 1. The molecule has 1 N–H and O–H groups in total. The average Bonchev–Trinajstić information content (AvgIpc) is 2.94. The van der Waals surface area contributed by atoms with Crippen molar-refractivity contribution in [2.75, 3.05) is 0 Å². The van der Waals surface area contributed by atoms with Crippen molar-refractivity contribution in [2.45, 2.75) is 6.92 Å². The van der Waals surface area contributed by atoms with Crippen molar-refractivity contribution in [2.24, 2.45) is 0 Å². The number of rotatable bonds is 3. The van der Waals surface area contributed by atoms with Crippen molar-refractivity contribution in [1.82, 2.24) is 9.78 Å². The molecule has 0 aliphatic rings. The maximum absolute atomic E-state index is 12.4. The Morgan fingerprint density at radius 3 is 2.52 bits per heavy atom. The first-order valence-corrected chi connectivity index (χ1v) is 7.90. The third-order valence-electron chi connectivity index (χ3n) is 3.24. The van der Waals surface area contributed by atoms with Gasteiger partial charge in [-0.25, -0.2) is 4.79 Å². The summed E-state index contributed by atoms with van der Waals surface area (Å²) < 4.78 is 1.12. The van der Waals surface area contributed by atoms with Crippen molar-refractivity contribution in [3.05, 3.63) is 67.6 Å². The molecule has 5 nitrogen and oxygen atoms in total. The van der Waals surface area contributed by atoms with Crippen LogP contribution in [0.5, 0.6) is 0 Å². The standard InChI is InChI=1S/C16H11ClN2O3S/c1-9-6-12(8-23-9)19-15(20)13(16(21)22)7-14(18-19)10-2-4-11(17)5-3-10/h2-8H,1H3,(H,21,22). The molecule has 0 saturated carbocycles. The lowest BCUT2D eigenvalue weighted by atomic mass is 10.1. The van der Waals surface area contributed by atoms with E-state index in [1.807, 2.05) is 6.92 Å². The van der Waals surface area contributed by atoms with E-state index in [0.29, 0.717) is 22.0 Å². The Hall–Kier alpha value is -2.44. The van der Waals surface area contributed by atoms with Gasteiger partial charge in [0.2, 0.25) is 0 Å². The van der Waals surface area contributed by atoms with Crippen molar-refractivity contribution < 1.29 is 9.90 Å². The zero-order valence-electron chi connectivity index (χ0n) is 12.0. The largest absolute Gasteiger partial charge is 0.477 e. The first kappa shape index (κ1) is 15.5. The second kappa shape index (κ2) is 5.98. The fourth-order valence-electron chi connectivity index (χ4n) is 2.13. The fraction of sp³-hybridized carbons (Fsp3) is 0.0625. The maximum atomic E-state index is 12.4. The first-order valence-electron chi connectivity index (χ1n) is 6.65. The van der Waals surface area contributed by atoms with Crippen LogP contribution in [0.3, 0.4) is 0 Å². The molecule has 3 aromatic rings. The third-order valence-corrected chi connectivity index (χ3v) is 4.34. The Morgan fingerprint density at radius 2 is 1.96 bits per heavy atom. The molecular weight excluding hydrogens is 336 g/mol. The summed E-state index contributed by atoms with van der Waals surface area (Å²) in [7, 11) is 0. The van der Waals surface area contributed by atoms with Crippen molar-refractivity contribution >= 4 is 28.9 Å². The molecule has 0 spiro atoms. The van der Waals surface area contributed by atoms with Crippen molar-refractivity contribution in [3.8, 4) is 16.9 Å². The fourth-order valence-corrected chi connectivity index (χ4v) is 2.91. The molecule has 0 aliphatic heterocycles. The highest BCUT2D eigenvalue weighted by Gasteiger charge is 2.17. The van der Waals surface area contributed by atoms with Crippen LogP contribution in [0.2, 0.25) is 5.02 Å². The number of aryl methyl sites for hydroxylation is 1. The van der Waals surface area contributed by atoms with Gasteiger partial charge in [-0.2, -0.15) is 9.78 Å². The molecule has 23 heavy (non-hydrogen) atoms. The van der Waals surface area contributed by atoms with Crippen LogP contribution in [-0.2, 0) is 0 Å². The summed E-state index contributed by atoms with van der Waals surface area (Å²) in [4.78, 5) is 24.8. The molecule has 0 radical (unpaired) electrons. The van der Waals surface area contributed by atoms with E-state index in [0.717, 1.165) is 9.56 Å². The number of aromatic carboxylic acids is 1. The summed E-state index contributed by atoms with van der Waals surface area (Å²) in [5.74, 6) is -1.28. The number of thiophene rings is 1. The van der Waals surface area contributed by atoms with Gasteiger partial charge in [0, 0.05) is 20.8 Å². The van der Waals surface area contributed by atoms with Gasteiger partial charge in [0.1, 0.15) is 5.56 Å². The van der Waals surface area contributed by atoms with Crippen LogP contribution in [0, 0.1) is 6.92 Å². The van der Waals surface area contributed by atoms with E-state index < -0.39 is 11.5 Å². The minimum atomic E-state index is -1.28. The number of halogens is 1. The Bertz CT molecular complexity index is 945. The normalized spacial score (nSPS) is 10.7. The molecule has 2 heterocycles. The summed E-state index contributed by atoms with van der Waals surface area (Å²) in [6.07, 6.45) is 0. The van der Waals surface area contributed by atoms with Crippen LogP contribution < -0.4 is 5.56 Å². The lowest BCUT2D eigenvalue weighted by Crippen LogP contribution is -2.27. The van der Waals surface area contributed by atoms with Crippen LogP contribution in [0.25, 0.3) is 16.9 Å². The first-order chi connectivity index (χ1) is 11.0. The number of nitrogens with zero attached hydrogens (tertiary/aromatic N) is 2.